The number of benzene rings is 1. The molecule has 120 valence electrons. The molecule has 4 aromatic heterocycles. The number of para-hydroxylation sites is 1. The van der Waals surface area contributed by atoms with E-state index in [0.29, 0.717) is 11.5 Å². The van der Waals surface area contributed by atoms with E-state index < -0.39 is 0 Å². The highest BCUT2D eigenvalue weighted by Crippen LogP contribution is 2.24. The quantitative estimate of drug-likeness (QED) is 0.394. The van der Waals surface area contributed by atoms with Crippen LogP contribution in [0.3, 0.4) is 0 Å². The Kier molecular flexibility index (Phi) is 2.96. The fraction of sp³-hybridized carbons (Fsp3) is 0. The molecule has 7 nitrogen and oxygen atoms in total. The Bertz CT molecular complexity index is 1230. The van der Waals surface area contributed by atoms with Gasteiger partial charge in [-0.05, 0) is 18.2 Å². The zero-order valence-electron chi connectivity index (χ0n) is 13.1. The van der Waals surface area contributed by atoms with Gasteiger partial charge in [-0.15, -0.1) is 5.10 Å². The van der Waals surface area contributed by atoms with Gasteiger partial charge < -0.3 is 4.98 Å². The van der Waals surface area contributed by atoms with E-state index in [9.17, 15) is 0 Å². The monoisotopic (exact) mass is 327 g/mol. The first kappa shape index (κ1) is 13.7. The molecular formula is C18H13N7. The van der Waals surface area contributed by atoms with Gasteiger partial charge in [0.25, 0.3) is 0 Å². The lowest BCUT2D eigenvalue weighted by Gasteiger charge is -2.00. The van der Waals surface area contributed by atoms with E-state index in [1.165, 1.54) is 6.33 Å². The number of hydrogen-bond donors (Lipinski definition) is 2. The van der Waals surface area contributed by atoms with Gasteiger partial charge in [0.15, 0.2) is 11.5 Å². The molecule has 7 heteroatoms. The molecule has 0 fully saturated rings. The van der Waals surface area contributed by atoms with Crippen LogP contribution < -0.4 is 5.43 Å². The van der Waals surface area contributed by atoms with Crippen molar-refractivity contribution in [3.63, 3.8) is 0 Å². The Morgan fingerprint density at radius 3 is 3.00 bits per heavy atom. The number of fused-ring (bicyclic) bond motifs is 4. The van der Waals surface area contributed by atoms with Crippen LogP contribution in [0.1, 0.15) is 5.56 Å². The third kappa shape index (κ3) is 2.21. The maximum absolute atomic E-state index is 4.44. The van der Waals surface area contributed by atoms with Crippen LogP contribution in [-0.2, 0) is 0 Å². The lowest BCUT2D eigenvalue weighted by molar-refractivity contribution is 0.969. The van der Waals surface area contributed by atoms with Crippen molar-refractivity contribution in [1.29, 1.82) is 0 Å². The highest BCUT2D eigenvalue weighted by Gasteiger charge is 2.10. The number of pyridine rings is 1. The number of rotatable bonds is 3. The summed E-state index contributed by atoms with van der Waals surface area (Å²) in [6.07, 6.45) is 7.08. The van der Waals surface area contributed by atoms with Crippen molar-refractivity contribution < 1.29 is 0 Å². The van der Waals surface area contributed by atoms with Crippen LogP contribution in [0.25, 0.3) is 27.5 Å². The molecule has 0 radical (unpaired) electrons. The minimum atomic E-state index is 0.627. The molecule has 5 rings (SSSR count). The van der Waals surface area contributed by atoms with Crippen molar-refractivity contribution in [2.75, 3.05) is 5.43 Å². The lowest BCUT2D eigenvalue weighted by atomic mass is 10.2. The Balaban J connectivity index is 1.54. The van der Waals surface area contributed by atoms with E-state index in [-0.39, 0.29) is 0 Å². The standard InChI is InChI=1S/C18H13N7/c1-2-6-14-13(5-1)12(9-19-14)10-22-23-17-16-15-7-3-4-8-25(15)24-18(16)21-11-20-17/h1-11,19H,(H,20,21,23,24). The van der Waals surface area contributed by atoms with Gasteiger partial charge in [-0.2, -0.15) is 5.10 Å². The predicted molar refractivity (Wildman–Crippen MR) is 97.8 cm³/mol. The molecule has 0 aliphatic rings. The zero-order valence-corrected chi connectivity index (χ0v) is 13.1. The summed E-state index contributed by atoms with van der Waals surface area (Å²) in [5, 5.41) is 10.8. The number of anilines is 1. The summed E-state index contributed by atoms with van der Waals surface area (Å²) in [4.78, 5) is 11.8. The highest BCUT2D eigenvalue weighted by atomic mass is 15.3. The summed E-state index contributed by atoms with van der Waals surface area (Å²) in [6, 6.07) is 14.0. The highest BCUT2D eigenvalue weighted by molar-refractivity contribution is 6.01. The molecule has 0 saturated heterocycles. The van der Waals surface area contributed by atoms with Gasteiger partial charge in [0.1, 0.15) is 6.33 Å². The van der Waals surface area contributed by atoms with E-state index in [2.05, 4.69) is 36.6 Å². The molecule has 25 heavy (non-hydrogen) atoms. The minimum Gasteiger partial charge on any atom is -0.361 e. The zero-order chi connectivity index (χ0) is 16.6. The van der Waals surface area contributed by atoms with Gasteiger partial charge in [0.2, 0.25) is 0 Å². The van der Waals surface area contributed by atoms with Gasteiger partial charge in [-0.3, -0.25) is 5.43 Å². The number of nitrogens with one attached hydrogen (secondary N) is 2. The molecule has 4 heterocycles. The Labute approximate surface area is 142 Å². The average Bonchev–Trinajstić information content (AvgIpc) is 3.23. The van der Waals surface area contributed by atoms with Crippen LogP contribution in [0.5, 0.6) is 0 Å². The van der Waals surface area contributed by atoms with Crippen molar-refractivity contribution in [3.05, 3.63) is 66.7 Å². The van der Waals surface area contributed by atoms with Crippen molar-refractivity contribution in [1.82, 2.24) is 24.6 Å². The number of aromatic amines is 1. The molecule has 2 N–H and O–H groups in total. The first-order chi connectivity index (χ1) is 12.4. The molecule has 0 aliphatic heterocycles. The number of nitrogens with zero attached hydrogens (tertiary/aromatic N) is 5. The number of H-pyrrole nitrogens is 1. The summed E-state index contributed by atoms with van der Waals surface area (Å²) in [5.41, 5.74) is 6.67. The topological polar surface area (TPSA) is 83.3 Å². The minimum absolute atomic E-state index is 0.627. The van der Waals surface area contributed by atoms with Crippen LogP contribution in [0.4, 0.5) is 5.82 Å². The summed E-state index contributed by atoms with van der Waals surface area (Å²) in [6.45, 7) is 0. The maximum Gasteiger partial charge on any atom is 0.187 e. The van der Waals surface area contributed by atoms with E-state index in [0.717, 1.165) is 27.4 Å². The van der Waals surface area contributed by atoms with Crippen molar-refractivity contribution in [2.24, 2.45) is 5.10 Å². The molecular weight excluding hydrogens is 314 g/mol. The third-order valence-corrected chi connectivity index (χ3v) is 4.12. The Morgan fingerprint density at radius 1 is 1.08 bits per heavy atom. The summed E-state index contributed by atoms with van der Waals surface area (Å²) >= 11 is 0. The third-order valence-electron chi connectivity index (χ3n) is 4.12. The normalized spacial score (nSPS) is 11.8. The van der Waals surface area contributed by atoms with Gasteiger partial charge >= 0.3 is 0 Å². The second-order valence-corrected chi connectivity index (χ2v) is 5.61. The number of aromatic nitrogens is 5. The van der Waals surface area contributed by atoms with Gasteiger partial charge in [0.05, 0.1) is 17.1 Å². The first-order valence-corrected chi connectivity index (χ1v) is 7.83. The maximum atomic E-state index is 4.44. The van der Waals surface area contributed by atoms with Crippen LogP contribution in [0.15, 0.2) is 66.3 Å². The summed E-state index contributed by atoms with van der Waals surface area (Å²) in [7, 11) is 0. The average molecular weight is 327 g/mol. The van der Waals surface area contributed by atoms with Crippen LogP contribution in [0.2, 0.25) is 0 Å². The van der Waals surface area contributed by atoms with Gasteiger partial charge in [0, 0.05) is 28.9 Å². The first-order valence-electron chi connectivity index (χ1n) is 7.83. The largest absolute Gasteiger partial charge is 0.361 e. The lowest BCUT2D eigenvalue weighted by Crippen LogP contribution is -1.95. The van der Waals surface area contributed by atoms with E-state index in [1.807, 2.05) is 48.8 Å². The summed E-state index contributed by atoms with van der Waals surface area (Å²) in [5.74, 6) is 0.627. The van der Waals surface area contributed by atoms with Crippen molar-refractivity contribution in [2.45, 2.75) is 0 Å². The van der Waals surface area contributed by atoms with Crippen LogP contribution in [0, 0.1) is 0 Å². The molecule has 1 aromatic carbocycles. The fourth-order valence-electron chi connectivity index (χ4n) is 2.96. The Morgan fingerprint density at radius 2 is 2.00 bits per heavy atom. The number of hydrogen-bond acceptors (Lipinski definition) is 5. The van der Waals surface area contributed by atoms with Crippen molar-refractivity contribution >= 4 is 39.5 Å². The molecule has 0 atom stereocenters. The molecule has 5 aromatic rings. The Hall–Kier alpha value is -3.74. The molecule has 0 saturated carbocycles. The molecule has 0 bridgehead atoms. The summed E-state index contributed by atoms with van der Waals surface area (Å²) < 4.78 is 1.79. The number of hydrazone groups is 1. The van der Waals surface area contributed by atoms with Gasteiger partial charge in [-0.1, -0.05) is 24.3 Å². The van der Waals surface area contributed by atoms with Crippen LogP contribution >= 0.6 is 0 Å². The second kappa shape index (κ2) is 5.41. The molecule has 0 spiro atoms. The fourth-order valence-corrected chi connectivity index (χ4v) is 2.96. The van der Waals surface area contributed by atoms with Crippen molar-refractivity contribution in [3.8, 4) is 0 Å². The van der Waals surface area contributed by atoms with E-state index in [4.69, 9.17) is 0 Å². The molecule has 0 aliphatic carbocycles. The van der Waals surface area contributed by atoms with Crippen LogP contribution in [-0.4, -0.2) is 30.8 Å². The molecule has 0 unspecified atom stereocenters. The SMILES string of the molecule is C(=NNc1ncnc2nn3ccccc3c12)c1c[nH]c2ccccc12. The molecule has 0 amide bonds. The van der Waals surface area contributed by atoms with Gasteiger partial charge in [-0.25, -0.2) is 14.5 Å². The smallest absolute Gasteiger partial charge is 0.187 e. The second-order valence-electron chi connectivity index (χ2n) is 5.61. The van der Waals surface area contributed by atoms with E-state index >= 15 is 0 Å². The van der Waals surface area contributed by atoms with E-state index in [1.54, 1.807) is 10.7 Å². The predicted octanol–water partition coefficient (Wildman–Crippen LogP) is 3.20.